The quantitative estimate of drug-likeness (QED) is 0.852. The van der Waals surface area contributed by atoms with Gasteiger partial charge >= 0.3 is 0 Å². The molecule has 0 aromatic heterocycles. The molecule has 2 amide bonds. The fraction of sp³-hybridized carbons (Fsp3) is 0.556. The summed E-state index contributed by atoms with van der Waals surface area (Å²) in [5.41, 5.74) is 5.73. The minimum absolute atomic E-state index is 0. The van der Waals surface area contributed by atoms with Gasteiger partial charge in [0.15, 0.2) is 6.61 Å². The van der Waals surface area contributed by atoms with E-state index in [4.69, 9.17) is 10.5 Å². The topological polar surface area (TPSA) is 75.9 Å². The summed E-state index contributed by atoms with van der Waals surface area (Å²) in [6, 6.07) is 4.96. The van der Waals surface area contributed by atoms with E-state index >= 15 is 0 Å². The highest BCUT2D eigenvalue weighted by atomic mass is 35.5. The van der Waals surface area contributed by atoms with Crippen molar-refractivity contribution in [1.29, 1.82) is 0 Å². The van der Waals surface area contributed by atoms with Crippen molar-refractivity contribution in [2.24, 2.45) is 11.1 Å². The highest BCUT2D eigenvalue weighted by Gasteiger charge is 2.33. The smallest absolute Gasteiger partial charge is 0.260 e. The molecular weight excluding hydrogens is 361 g/mol. The summed E-state index contributed by atoms with van der Waals surface area (Å²) < 4.78 is 18.2. The molecule has 0 saturated carbocycles. The number of nitrogens with zero attached hydrogens (tertiary/aromatic N) is 2. The highest BCUT2D eigenvalue weighted by molar-refractivity contribution is 5.85. The minimum atomic E-state index is -0.559. The summed E-state index contributed by atoms with van der Waals surface area (Å²) >= 11 is 0. The first kappa shape index (κ1) is 22.2. The average molecular weight is 388 g/mol. The van der Waals surface area contributed by atoms with Crippen LogP contribution in [0.3, 0.4) is 0 Å². The van der Waals surface area contributed by atoms with Gasteiger partial charge in [0, 0.05) is 26.2 Å². The maximum absolute atomic E-state index is 12.8. The van der Waals surface area contributed by atoms with Gasteiger partial charge in [0.25, 0.3) is 5.91 Å². The lowest BCUT2D eigenvalue weighted by Gasteiger charge is -2.38. The van der Waals surface area contributed by atoms with E-state index in [9.17, 15) is 14.0 Å². The number of piperazine rings is 1. The third kappa shape index (κ3) is 5.85. The van der Waals surface area contributed by atoms with Crippen molar-refractivity contribution < 1.29 is 18.7 Å². The Morgan fingerprint density at radius 2 is 1.62 bits per heavy atom. The number of ether oxygens (including phenoxy) is 1. The summed E-state index contributed by atoms with van der Waals surface area (Å²) in [4.78, 5) is 28.0. The number of nitrogens with two attached hydrogens (primary N) is 1. The average Bonchev–Trinajstić information content (AvgIpc) is 2.59. The molecule has 2 rings (SSSR count). The Labute approximate surface area is 159 Å². The van der Waals surface area contributed by atoms with E-state index in [-0.39, 0.29) is 42.1 Å². The molecule has 146 valence electrons. The highest BCUT2D eigenvalue weighted by Crippen LogP contribution is 2.20. The van der Waals surface area contributed by atoms with Crippen LogP contribution in [0, 0.1) is 11.2 Å². The molecule has 1 atom stereocenters. The van der Waals surface area contributed by atoms with Crippen molar-refractivity contribution in [3.8, 4) is 5.75 Å². The summed E-state index contributed by atoms with van der Waals surface area (Å²) in [5, 5.41) is 0. The van der Waals surface area contributed by atoms with Crippen LogP contribution in [0.2, 0.25) is 0 Å². The monoisotopic (exact) mass is 387 g/mol. The molecule has 1 fully saturated rings. The van der Waals surface area contributed by atoms with Gasteiger partial charge in [-0.2, -0.15) is 0 Å². The van der Waals surface area contributed by atoms with E-state index in [2.05, 4.69) is 0 Å². The van der Waals surface area contributed by atoms with Gasteiger partial charge in [0.1, 0.15) is 11.6 Å². The molecule has 0 bridgehead atoms. The van der Waals surface area contributed by atoms with E-state index in [1.807, 2.05) is 20.8 Å². The van der Waals surface area contributed by atoms with E-state index in [0.29, 0.717) is 31.9 Å². The van der Waals surface area contributed by atoms with Crippen LogP contribution < -0.4 is 10.5 Å². The molecule has 0 aliphatic carbocycles. The molecule has 2 N–H and O–H groups in total. The van der Waals surface area contributed by atoms with Gasteiger partial charge in [-0.25, -0.2) is 4.39 Å². The van der Waals surface area contributed by atoms with Crippen molar-refractivity contribution in [2.75, 3.05) is 32.8 Å². The van der Waals surface area contributed by atoms with Gasteiger partial charge in [0.2, 0.25) is 5.91 Å². The van der Waals surface area contributed by atoms with Crippen LogP contribution >= 0.6 is 12.4 Å². The second-order valence-electron chi connectivity index (χ2n) is 7.29. The molecule has 0 unspecified atom stereocenters. The number of hydrogen-bond acceptors (Lipinski definition) is 4. The first-order chi connectivity index (χ1) is 11.7. The molecule has 1 aromatic carbocycles. The van der Waals surface area contributed by atoms with Gasteiger partial charge in [-0.1, -0.05) is 20.8 Å². The Kier molecular flexibility index (Phi) is 7.84. The molecule has 1 aliphatic heterocycles. The van der Waals surface area contributed by atoms with Crippen LogP contribution in [0.1, 0.15) is 20.8 Å². The molecule has 0 radical (unpaired) electrons. The van der Waals surface area contributed by atoms with Gasteiger partial charge in [0.05, 0.1) is 6.04 Å². The third-order valence-electron chi connectivity index (χ3n) is 4.32. The van der Waals surface area contributed by atoms with Crippen LogP contribution in [0.4, 0.5) is 4.39 Å². The van der Waals surface area contributed by atoms with Gasteiger partial charge in [-0.15, -0.1) is 12.4 Å². The fourth-order valence-electron chi connectivity index (χ4n) is 2.51. The van der Waals surface area contributed by atoms with Crippen molar-refractivity contribution in [3.63, 3.8) is 0 Å². The number of amides is 2. The molecular formula is C18H27ClFN3O3. The number of benzene rings is 1. The standard InChI is InChI=1S/C18H26FN3O3.ClH/c1-18(2,3)16(20)17(24)22-10-8-21(9-11-22)15(23)12-25-14-6-4-13(19)5-7-14;/h4-7,16H,8-12,20H2,1-3H3;1H/t16-;/m1./s1. The maximum atomic E-state index is 12.8. The predicted molar refractivity (Wildman–Crippen MR) is 99.7 cm³/mol. The van der Waals surface area contributed by atoms with Crippen molar-refractivity contribution in [1.82, 2.24) is 9.80 Å². The minimum Gasteiger partial charge on any atom is -0.484 e. The van der Waals surface area contributed by atoms with Crippen LogP contribution in [0.15, 0.2) is 24.3 Å². The van der Waals surface area contributed by atoms with Gasteiger partial charge < -0.3 is 20.3 Å². The van der Waals surface area contributed by atoms with Crippen molar-refractivity contribution >= 4 is 24.2 Å². The number of carbonyl (C=O) groups is 2. The van der Waals surface area contributed by atoms with Gasteiger partial charge in [-0.05, 0) is 29.7 Å². The molecule has 8 heteroatoms. The van der Waals surface area contributed by atoms with E-state index in [1.54, 1.807) is 9.80 Å². The molecule has 6 nitrogen and oxygen atoms in total. The molecule has 1 saturated heterocycles. The summed E-state index contributed by atoms with van der Waals surface area (Å²) in [5.74, 6) is -0.147. The van der Waals surface area contributed by atoms with E-state index < -0.39 is 6.04 Å². The molecule has 0 spiro atoms. The Morgan fingerprint density at radius 3 is 2.12 bits per heavy atom. The zero-order valence-corrected chi connectivity index (χ0v) is 16.2. The van der Waals surface area contributed by atoms with Crippen LogP contribution in [0.25, 0.3) is 0 Å². The Balaban J connectivity index is 0.00000338. The number of rotatable bonds is 4. The molecule has 1 aliphatic rings. The fourth-order valence-corrected chi connectivity index (χ4v) is 2.51. The summed E-state index contributed by atoms with van der Waals surface area (Å²) in [6.07, 6.45) is 0. The molecule has 1 heterocycles. The second-order valence-corrected chi connectivity index (χ2v) is 7.29. The van der Waals surface area contributed by atoms with Crippen LogP contribution in [-0.4, -0.2) is 60.4 Å². The lowest BCUT2D eigenvalue weighted by atomic mass is 9.86. The lowest BCUT2D eigenvalue weighted by molar-refractivity contribution is -0.142. The first-order valence-electron chi connectivity index (χ1n) is 8.39. The Bertz CT molecular complexity index is 611. The largest absolute Gasteiger partial charge is 0.484 e. The Hall–Kier alpha value is -1.86. The van der Waals surface area contributed by atoms with Gasteiger partial charge in [-0.3, -0.25) is 9.59 Å². The van der Waals surface area contributed by atoms with Crippen LogP contribution in [-0.2, 0) is 9.59 Å². The molecule has 1 aromatic rings. The Morgan fingerprint density at radius 1 is 1.12 bits per heavy atom. The lowest BCUT2D eigenvalue weighted by Crippen LogP contribution is -2.57. The van der Waals surface area contributed by atoms with E-state index in [0.717, 1.165) is 0 Å². The third-order valence-corrected chi connectivity index (χ3v) is 4.32. The molecule has 26 heavy (non-hydrogen) atoms. The number of hydrogen-bond donors (Lipinski definition) is 1. The summed E-state index contributed by atoms with van der Waals surface area (Å²) in [6.45, 7) is 7.52. The number of halogens is 2. The van der Waals surface area contributed by atoms with Crippen LogP contribution in [0.5, 0.6) is 5.75 Å². The first-order valence-corrected chi connectivity index (χ1v) is 8.39. The van der Waals surface area contributed by atoms with E-state index in [1.165, 1.54) is 24.3 Å². The SMILES string of the molecule is CC(C)(C)[C@H](N)C(=O)N1CCN(C(=O)COc2ccc(F)cc2)CC1.Cl. The predicted octanol–water partition coefficient (Wildman–Crippen LogP) is 1.67. The normalized spacial score (nSPS) is 15.9. The van der Waals surface area contributed by atoms with Crippen molar-refractivity contribution in [2.45, 2.75) is 26.8 Å². The number of carbonyl (C=O) groups excluding carboxylic acids is 2. The maximum Gasteiger partial charge on any atom is 0.260 e. The van der Waals surface area contributed by atoms with Crippen molar-refractivity contribution in [3.05, 3.63) is 30.1 Å². The zero-order valence-electron chi connectivity index (χ0n) is 15.4. The summed E-state index contributed by atoms with van der Waals surface area (Å²) in [7, 11) is 0. The zero-order chi connectivity index (χ0) is 18.6. The second kappa shape index (κ2) is 9.19.